The van der Waals surface area contributed by atoms with Gasteiger partial charge in [-0.2, -0.15) is 5.26 Å². The average Bonchev–Trinajstić information content (AvgIpc) is 3.02. The minimum atomic E-state index is -0.729. The summed E-state index contributed by atoms with van der Waals surface area (Å²) in [4.78, 5) is 11.9. The molecule has 0 radical (unpaired) electrons. The molecular formula is C16H18ClN3O3. The van der Waals surface area contributed by atoms with Crippen LogP contribution in [0, 0.1) is 11.3 Å². The monoisotopic (exact) mass is 335 g/mol. The number of hydrogen-bond acceptors (Lipinski definition) is 5. The largest absolute Gasteiger partial charge is 0.491 e. The Hall–Kier alpha value is -2.33. The number of aliphatic hydroxyl groups is 1. The van der Waals surface area contributed by atoms with Gasteiger partial charge in [-0.05, 0) is 24.3 Å². The Morgan fingerprint density at radius 1 is 1.30 bits per heavy atom. The number of hydrogen-bond donors (Lipinski definition) is 2. The fourth-order valence-corrected chi connectivity index (χ4v) is 1.89. The zero-order valence-electron chi connectivity index (χ0n) is 12.4. The molecule has 0 saturated carbocycles. The lowest BCUT2D eigenvalue weighted by molar-refractivity contribution is 0.0878. The summed E-state index contributed by atoms with van der Waals surface area (Å²) in [6.07, 6.45) is 0.811. The predicted molar refractivity (Wildman–Crippen MR) is 87.8 cm³/mol. The maximum Gasteiger partial charge on any atom is 0.245 e. The summed E-state index contributed by atoms with van der Waals surface area (Å²) in [7, 11) is 0. The molecule has 0 saturated heterocycles. The van der Waals surface area contributed by atoms with E-state index in [1.807, 2.05) is 24.3 Å². The van der Waals surface area contributed by atoms with E-state index in [2.05, 4.69) is 5.32 Å². The van der Waals surface area contributed by atoms with Crippen LogP contribution in [0.25, 0.3) is 0 Å². The summed E-state index contributed by atoms with van der Waals surface area (Å²) < 4.78 is 6.69. The van der Waals surface area contributed by atoms with Crippen molar-refractivity contribution < 1.29 is 14.6 Å². The SMILES string of the molecule is Cl.N#Cc1cccn1C(=O)CNCC(O)COc1ccccc1. The van der Waals surface area contributed by atoms with E-state index in [9.17, 15) is 9.90 Å². The summed E-state index contributed by atoms with van der Waals surface area (Å²) in [5.74, 6) is 0.432. The number of benzene rings is 1. The lowest BCUT2D eigenvalue weighted by Gasteiger charge is -2.13. The van der Waals surface area contributed by atoms with E-state index in [4.69, 9.17) is 10.00 Å². The Balaban J connectivity index is 0.00000264. The first-order chi connectivity index (χ1) is 10.7. The number of nitrogens with zero attached hydrogens (tertiary/aromatic N) is 2. The van der Waals surface area contributed by atoms with Gasteiger partial charge < -0.3 is 15.2 Å². The first-order valence-corrected chi connectivity index (χ1v) is 6.88. The number of carbonyl (C=O) groups excluding carboxylic acids is 1. The minimum Gasteiger partial charge on any atom is -0.491 e. The molecule has 1 heterocycles. The molecule has 0 bridgehead atoms. The molecule has 0 spiro atoms. The Labute approximate surface area is 140 Å². The topological polar surface area (TPSA) is 87.3 Å². The number of para-hydroxylation sites is 1. The maximum atomic E-state index is 11.9. The summed E-state index contributed by atoms with van der Waals surface area (Å²) in [6, 6.07) is 14.3. The van der Waals surface area contributed by atoms with Gasteiger partial charge in [-0.3, -0.25) is 9.36 Å². The molecule has 2 rings (SSSR count). The van der Waals surface area contributed by atoms with Crippen molar-refractivity contribution >= 4 is 18.3 Å². The Morgan fingerprint density at radius 2 is 2.04 bits per heavy atom. The van der Waals surface area contributed by atoms with Gasteiger partial charge in [-0.15, -0.1) is 12.4 Å². The van der Waals surface area contributed by atoms with Crippen LogP contribution in [0.5, 0.6) is 5.75 Å². The van der Waals surface area contributed by atoms with Crippen molar-refractivity contribution in [3.8, 4) is 11.8 Å². The number of nitrogens with one attached hydrogen (secondary N) is 1. The van der Waals surface area contributed by atoms with Gasteiger partial charge in [0.1, 0.15) is 30.2 Å². The van der Waals surface area contributed by atoms with Crippen LogP contribution in [0.3, 0.4) is 0 Å². The molecule has 2 aromatic rings. The molecule has 0 fully saturated rings. The van der Waals surface area contributed by atoms with E-state index in [1.165, 1.54) is 10.8 Å². The van der Waals surface area contributed by atoms with E-state index < -0.39 is 6.10 Å². The van der Waals surface area contributed by atoms with Crippen molar-refractivity contribution in [1.82, 2.24) is 9.88 Å². The first-order valence-electron chi connectivity index (χ1n) is 6.88. The number of nitriles is 1. The third-order valence-electron chi connectivity index (χ3n) is 2.97. The highest BCUT2D eigenvalue weighted by Crippen LogP contribution is 2.08. The third kappa shape index (κ3) is 5.75. The zero-order chi connectivity index (χ0) is 15.8. The average molecular weight is 336 g/mol. The molecule has 122 valence electrons. The summed E-state index contributed by atoms with van der Waals surface area (Å²) in [6.45, 7) is 0.394. The van der Waals surface area contributed by atoms with Crippen molar-refractivity contribution in [2.45, 2.75) is 6.10 Å². The van der Waals surface area contributed by atoms with Crippen LogP contribution in [0.2, 0.25) is 0 Å². The van der Waals surface area contributed by atoms with Crippen molar-refractivity contribution in [3.05, 3.63) is 54.4 Å². The van der Waals surface area contributed by atoms with Gasteiger partial charge in [-0.25, -0.2) is 0 Å². The lowest BCUT2D eigenvalue weighted by atomic mass is 10.3. The van der Waals surface area contributed by atoms with Crippen molar-refractivity contribution in [3.63, 3.8) is 0 Å². The predicted octanol–water partition coefficient (Wildman–Crippen LogP) is 1.45. The van der Waals surface area contributed by atoms with E-state index in [-0.39, 0.29) is 38.0 Å². The summed E-state index contributed by atoms with van der Waals surface area (Å²) in [5.41, 5.74) is 0.291. The van der Waals surface area contributed by atoms with Gasteiger partial charge in [0.15, 0.2) is 0 Å². The van der Waals surface area contributed by atoms with Crippen molar-refractivity contribution in [2.24, 2.45) is 0 Å². The van der Waals surface area contributed by atoms with E-state index in [0.29, 0.717) is 11.4 Å². The van der Waals surface area contributed by atoms with Crippen molar-refractivity contribution in [2.75, 3.05) is 19.7 Å². The summed E-state index contributed by atoms with van der Waals surface area (Å²) in [5, 5.41) is 21.5. The number of halogens is 1. The van der Waals surface area contributed by atoms with Gasteiger partial charge in [-0.1, -0.05) is 18.2 Å². The van der Waals surface area contributed by atoms with Gasteiger partial charge in [0.05, 0.1) is 6.54 Å². The second kappa shape index (κ2) is 9.64. The highest BCUT2D eigenvalue weighted by Gasteiger charge is 2.10. The molecule has 1 aromatic carbocycles. The fraction of sp³-hybridized carbons (Fsp3) is 0.250. The second-order valence-corrected chi connectivity index (χ2v) is 4.68. The van der Waals surface area contributed by atoms with E-state index in [1.54, 1.807) is 24.3 Å². The highest BCUT2D eigenvalue weighted by molar-refractivity contribution is 5.85. The first kappa shape index (κ1) is 18.7. The van der Waals surface area contributed by atoms with Crippen LogP contribution < -0.4 is 10.1 Å². The molecular weight excluding hydrogens is 318 g/mol. The molecule has 23 heavy (non-hydrogen) atoms. The number of aromatic nitrogens is 1. The maximum absolute atomic E-state index is 11.9. The van der Waals surface area contributed by atoms with Crippen molar-refractivity contribution in [1.29, 1.82) is 5.26 Å². The van der Waals surface area contributed by atoms with Crippen LogP contribution in [0.1, 0.15) is 10.5 Å². The normalized spacial score (nSPS) is 11.1. The van der Waals surface area contributed by atoms with Crippen LogP contribution in [0.4, 0.5) is 0 Å². The summed E-state index contributed by atoms with van der Waals surface area (Å²) >= 11 is 0. The molecule has 7 heteroatoms. The Kier molecular flexibility index (Phi) is 7.84. The molecule has 1 unspecified atom stereocenters. The molecule has 1 aromatic heterocycles. The molecule has 0 aliphatic heterocycles. The van der Waals surface area contributed by atoms with Crippen LogP contribution in [-0.2, 0) is 0 Å². The number of ether oxygens (including phenoxy) is 1. The Morgan fingerprint density at radius 3 is 2.74 bits per heavy atom. The highest BCUT2D eigenvalue weighted by atomic mass is 35.5. The standard InChI is InChI=1S/C16H17N3O3.ClH/c17-9-13-5-4-8-19(13)16(21)11-18-10-14(20)12-22-15-6-2-1-3-7-15;/h1-8,14,18,20H,10-12H2;1H. The molecule has 0 aliphatic carbocycles. The minimum absolute atomic E-state index is 0. The number of rotatable bonds is 7. The quantitative estimate of drug-likeness (QED) is 0.799. The number of carbonyl (C=O) groups is 1. The van der Waals surface area contributed by atoms with Crippen LogP contribution in [-0.4, -0.2) is 41.4 Å². The molecule has 0 aliphatic rings. The zero-order valence-corrected chi connectivity index (χ0v) is 13.2. The second-order valence-electron chi connectivity index (χ2n) is 4.68. The van der Waals surface area contributed by atoms with Gasteiger partial charge in [0.2, 0.25) is 5.91 Å². The molecule has 0 amide bonds. The van der Waals surface area contributed by atoms with Gasteiger partial charge in [0, 0.05) is 12.7 Å². The lowest BCUT2D eigenvalue weighted by Crippen LogP contribution is -2.36. The van der Waals surface area contributed by atoms with Gasteiger partial charge >= 0.3 is 0 Å². The number of aliphatic hydroxyl groups excluding tert-OH is 1. The molecule has 2 N–H and O–H groups in total. The third-order valence-corrected chi connectivity index (χ3v) is 2.97. The Bertz CT molecular complexity index is 652. The van der Waals surface area contributed by atoms with E-state index >= 15 is 0 Å². The smallest absolute Gasteiger partial charge is 0.245 e. The molecule has 6 nitrogen and oxygen atoms in total. The van der Waals surface area contributed by atoms with E-state index in [0.717, 1.165) is 0 Å². The van der Waals surface area contributed by atoms with Crippen LogP contribution >= 0.6 is 12.4 Å². The van der Waals surface area contributed by atoms with Crippen LogP contribution in [0.15, 0.2) is 48.7 Å². The van der Waals surface area contributed by atoms with Gasteiger partial charge in [0.25, 0.3) is 0 Å². The fourth-order valence-electron chi connectivity index (χ4n) is 1.89. The molecule has 1 atom stereocenters.